The van der Waals surface area contributed by atoms with E-state index in [-0.39, 0.29) is 62.9 Å². The molecule has 0 unspecified atom stereocenters. The monoisotopic (exact) mass is 244 g/mol. The molecule has 0 rings (SSSR count). The van der Waals surface area contributed by atoms with Crippen molar-refractivity contribution in [3.8, 4) is 0 Å². The zero-order valence-electron chi connectivity index (χ0n) is 4.72. The van der Waals surface area contributed by atoms with Crippen LogP contribution in [-0.4, -0.2) is 55.3 Å². The number of rotatable bonds is 1. The molecule has 9 heavy (non-hydrogen) atoms. The normalized spacial score (nSPS) is 5.00. The Balaban J connectivity index is -0.0000000417. The van der Waals surface area contributed by atoms with E-state index in [0.29, 0.717) is 0 Å². The Morgan fingerprint density at radius 1 is 1.56 bits per heavy atom. The minimum absolute atomic E-state index is 0. The zero-order chi connectivity index (χ0) is 4.99. The third-order valence-electron chi connectivity index (χ3n) is 0.214. The fraction of sp³-hybridized carbons (Fsp3) is 0.333. The Morgan fingerprint density at radius 3 is 1.89 bits per heavy atom. The zero-order valence-corrected chi connectivity index (χ0v) is 6.35. The van der Waals surface area contributed by atoms with Gasteiger partial charge in [-0.05, 0) is 11.8 Å². The predicted octanol–water partition coefficient (Wildman–Crippen LogP) is 0.631. The summed E-state index contributed by atoms with van der Waals surface area (Å²) in [5, 5.41) is 0.0463. The van der Waals surface area contributed by atoms with E-state index in [9.17, 15) is 4.79 Å². The van der Waals surface area contributed by atoms with Crippen LogP contribution in [0.2, 0.25) is 0 Å². The molecule has 0 aromatic heterocycles. The van der Waals surface area contributed by atoms with Crippen molar-refractivity contribution in [2.45, 2.75) is 6.92 Å². The standard InChI is InChI=1S/C3H4OS2.2H3N.Sr.2H/c1-3(4)6-2-5;;;;;/h2H,1H3;2*1H3;;;. The maximum atomic E-state index is 9.91. The van der Waals surface area contributed by atoms with E-state index in [1.54, 1.807) is 0 Å². The molecule has 0 aliphatic heterocycles. The van der Waals surface area contributed by atoms with Crippen molar-refractivity contribution in [2.24, 2.45) is 0 Å². The van der Waals surface area contributed by atoms with Crippen molar-refractivity contribution in [3.05, 3.63) is 0 Å². The van der Waals surface area contributed by atoms with E-state index < -0.39 is 0 Å². The van der Waals surface area contributed by atoms with Crippen LogP contribution >= 0.6 is 24.0 Å². The number of thiocarbonyl (C=S) groups is 1. The molecule has 0 atom stereocenters. The molecule has 0 saturated heterocycles. The van der Waals surface area contributed by atoms with Crippen molar-refractivity contribution < 1.29 is 4.79 Å². The molecule has 0 aliphatic carbocycles. The first-order chi connectivity index (χ1) is 2.77. The Labute approximate surface area is 102 Å². The number of hydrogen-bond donors (Lipinski definition) is 2. The van der Waals surface area contributed by atoms with Gasteiger partial charge in [-0.1, -0.05) is 12.2 Å². The fourth-order valence-corrected chi connectivity index (χ4v) is 0.610. The topological polar surface area (TPSA) is 87.1 Å². The molecule has 0 fully saturated rings. The van der Waals surface area contributed by atoms with Crippen LogP contribution in [0.1, 0.15) is 6.92 Å². The second-order valence-electron chi connectivity index (χ2n) is 0.706. The molecule has 0 spiro atoms. The van der Waals surface area contributed by atoms with Crippen LogP contribution in [0, 0.1) is 0 Å². The molecule has 0 saturated carbocycles. The van der Waals surface area contributed by atoms with Crippen LogP contribution in [-0.2, 0) is 4.79 Å². The van der Waals surface area contributed by atoms with Gasteiger partial charge in [-0.2, -0.15) is 0 Å². The van der Waals surface area contributed by atoms with Crippen molar-refractivity contribution in [2.75, 3.05) is 0 Å². The number of carbonyl (C=O) groups is 1. The molecular weight excluding hydrogens is 232 g/mol. The van der Waals surface area contributed by atoms with E-state index in [1.807, 2.05) is 0 Å². The average molecular weight is 244 g/mol. The SMILES string of the molecule is CC(=O)SC=S.N.N.[SrH2]. The second-order valence-corrected chi connectivity index (χ2v) is 2.29. The van der Waals surface area contributed by atoms with Gasteiger partial charge in [0.2, 0.25) is 0 Å². The van der Waals surface area contributed by atoms with Crippen molar-refractivity contribution >= 4 is 79.3 Å². The van der Waals surface area contributed by atoms with Crippen molar-refractivity contribution in [3.63, 3.8) is 0 Å². The van der Waals surface area contributed by atoms with Crippen LogP contribution in [0.5, 0.6) is 0 Å². The maximum absolute atomic E-state index is 9.91. The van der Waals surface area contributed by atoms with E-state index in [0.717, 1.165) is 11.8 Å². The van der Waals surface area contributed by atoms with Gasteiger partial charge in [0.1, 0.15) is 0 Å². The summed E-state index contributed by atoms with van der Waals surface area (Å²) in [5.74, 6) is 0. The van der Waals surface area contributed by atoms with Gasteiger partial charge in [0.05, 0.1) is 0 Å². The summed E-state index contributed by atoms with van der Waals surface area (Å²) in [7, 11) is 0. The molecule has 0 radical (unpaired) electrons. The van der Waals surface area contributed by atoms with Gasteiger partial charge in [0, 0.05) is 11.6 Å². The van der Waals surface area contributed by atoms with Crippen LogP contribution in [0.15, 0.2) is 0 Å². The Morgan fingerprint density at radius 2 is 1.89 bits per heavy atom. The molecule has 6 N–H and O–H groups in total. The van der Waals surface area contributed by atoms with E-state index in [1.165, 1.54) is 11.6 Å². The van der Waals surface area contributed by atoms with E-state index in [2.05, 4.69) is 12.2 Å². The first kappa shape index (κ1) is 22.4. The molecule has 0 aromatic carbocycles. The minimum atomic E-state index is 0. The van der Waals surface area contributed by atoms with Crippen LogP contribution in [0.25, 0.3) is 0 Å². The van der Waals surface area contributed by atoms with Crippen LogP contribution in [0.3, 0.4) is 0 Å². The fourth-order valence-electron chi connectivity index (χ4n) is 0.0678. The first-order valence-electron chi connectivity index (χ1n) is 1.38. The number of thioether (sulfide) groups is 1. The molecule has 0 bridgehead atoms. The van der Waals surface area contributed by atoms with E-state index in [4.69, 9.17) is 0 Å². The molecule has 54 valence electrons. The van der Waals surface area contributed by atoms with Gasteiger partial charge in [0.25, 0.3) is 0 Å². The molecule has 3 nitrogen and oxygen atoms in total. The summed E-state index contributed by atoms with van der Waals surface area (Å²) >= 11 is 5.38. The van der Waals surface area contributed by atoms with Gasteiger partial charge in [-0.3, -0.25) is 4.79 Å². The predicted molar refractivity (Wildman–Crippen MR) is 50.5 cm³/mol. The van der Waals surface area contributed by atoms with Gasteiger partial charge in [0.15, 0.2) is 5.12 Å². The summed E-state index contributed by atoms with van der Waals surface area (Å²) < 4.78 is 1.35. The van der Waals surface area contributed by atoms with Gasteiger partial charge in [-0.25, -0.2) is 0 Å². The summed E-state index contributed by atoms with van der Waals surface area (Å²) in [6.45, 7) is 1.48. The number of hydrogen-bond acceptors (Lipinski definition) is 5. The van der Waals surface area contributed by atoms with Crippen LogP contribution < -0.4 is 12.3 Å². The summed E-state index contributed by atoms with van der Waals surface area (Å²) in [4.78, 5) is 9.91. The third-order valence-corrected chi connectivity index (χ3v) is 0.931. The average Bonchev–Trinajstić information content (AvgIpc) is 1.35. The summed E-state index contributed by atoms with van der Waals surface area (Å²) in [5.41, 5.74) is 0. The molecule has 0 amide bonds. The summed E-state index contributed by atoms with van der Waals surface area (Å²) in [6, 6.07) is 0. The molecule has 0 heterocycles. The van der Waals surface area contributed by atoms with Crippen LogP contribution in [0.4, 0.5) is 0 Å². The Hall–Kier alpha value is 1.51. The number of carbonyl (C=O) groups excluding carboxylic acids is 1. The quantitative estimate of drug-likeness (QED) is 0.521. The Kier molecular flexibility index (Phi) is 40.5. The summed E-state index contributed by atoms with van der Waals surface area (Å²) in [6.07, 6.45) is 0. The second kappa shape index (κ2) is 16.3. The van der Waals surface area contributed by atoms with Gasteiger partial charge >= 0.3 is 45.5 Å². The van der Waals surface area contributed by atoms with Crippen molar-refractivity contribution in [1.82, 2.24) is 12.3 Å². The molecule has 6 heteroatoms. The van der Waals surface area contributed by atoms with E-state index >= 15 is 0 Å². The molecule has 0 aromatic rings. The molecular formula is C3H12N2OS2Sr. The first-order valence-corrected chi connectivity index (χ1v) is 2.73. The Bertz CT molecular complexity index is 80.2. The molecule has 0 aliphatic rings. The van der Waals surface area contributed by atoms with Crippen molar-refractivity contribution in [1.29, 1.82) is 0 Å². The third kappa shape index (κ3) is 26.4. The van der Waals surface area contributed by atoms with Gasteiger partial charge in [-0.15, -0.1) is 0 Å². The van der Waals surface area contributed by atoms with Gasteiger partial charge < -0.3 is 12.3 Å².